The normalized spacial score (nSPS) is 20.6. The fourth-order valence-electron chi connectivity index (χ4n) is 4.02. The van der Waals surface area contributed by atoms with E-state index in [-0.39, 0.29) is 29.1 Å². The monoisotopic (exact) mass is 415 g/mol. The van der Waals surface area contributed by atoms with Crippen molar-refractivity contribution in [2.24, 2.45) is 22.4 Å². The number of likely N-dealkylation sites (tertiary alicyclic amines) is 1. The summed E-state index contributed by atoms with van der Waals surface area (Å²) in [6.07, 6.45) is 4.69. The number of likely N-dealkylation sites (N-methyl/N-ethyl adjacent to an activating group) is 1. The van der Waals surface area contributed by atoms with Crippen LogP contribution in [-0.2, 0) is 21.0 Å². The fraction of sp³-hybridized carbons (Fsp3) is 0.625. The van der Waals surface area contributed by atoms with E-state index < -0.39 is 6.04 Å². The van der Waals surface area contributed by atoms with E-state index >= 15 is 0 Å². The Hall–Kier alpha value is -2.37. The van der Waals surface area contributed by atoms with E-state index in [4.69, 9.17) is 4.84 Å². The lowest BCUT2D eigenvalue weighted by Crippen LogP contribution is -2.54. The molecule has 0 bridgehead atoms. The lowest BCUT2D eigenvalue weighted by molar-refractivity contribution is -0.146. The van der Waals surface area contributed by atoms with Crippen LogP contribution in [0.4, 0.5) is 0 Å². The number of rotatable bonds is 9. The second kappa shape index (κ2) is 10.6. The Balaban J connectivity index is 2.17. The molecular weight excluding hydrogens is 378 g/mol. The highest BCUT2D eigenvalue weighted by Crippen LogP contribution is 2.35. The number of hydrogen-bond donors (Lipinski definition) is 0. The number of benzene rings is 1. The summed E-state index contributed by atoms with van der Waals surface area (Å²) in [4.78, 5) is 35.1. The molecule has 0 N–H and O–H groups in total. The molecule has 6 heteroatoms. The lowest BCUT2D eigenvalue weighted by atomic mass is 9.84. The van der Waals surface area contributed by atoms with Gasteiger partial charge in [0.1, 0.15) is 12.6 Å². The molecule has 1 aliphatic heterocycles. The zero-order chi connectivity index (χ0) is 22.3. The zero-order valence-electron chi connectivity index (χ0n) is 19.3. The molecule has 1 unspecified atom stereocenters. The van der Waals surface area contributed by atoms with Crippen LogP contribution in [0.15, 0.2) is 35.5 Å². The van der Waals surface area contributed by atoms with Crippen molar-refractivity contribution < 1.29 is 14.4 Å². The molecule has 1 fully saturated rings. The molecule has 6 nitrogen and oxygen atoms in total. The Kier molecular flexibility index (Phi) is 8.44. The fourth-order valence-corrected chi connectivity index (χ4v) is 4.02. The molecule has 0 spiro atoms. The van der Waals surface area contributed by atoms with Gasteiger partial charge < -0.3 is 14.6 Å². The van der Waals surface area contributed by atoms with E-state index in [1.807, 2.05) is 51.1 Å². The number of nitrogens with zero attached hydrogens (tertiary/aromatic N) is 3. The third kappa shape index (κ3) is 6.07. The van der Waals surface area contributed by atoms with Gasteiger partial charge in [-0.3, -0.25) is 9.59 Å². The molecule has 2 rings (SSSR count). The van der Waals surface area contributed by atoms with Crippen LogP contribution in [0, 0.1) is 17.3 Å². The summed E-state index contributed by atoms with van der Waals surface area (Å²) in [7, 11) is 3.49. The molecule has 3 atom stereocenters. The Labute approximate surface area is 181 Å². The maximum absolute atomic E-state index is 13.4. The highest BCUT2D eigenvalue weighted by molar-refractivity contribution is 5.98. The minimum atomic E-state index is -0.493. The summed E-state index contributed by atoms with van der Waals surface area (Å²) >= 11 is 0. The summed E-state index contributed by atoms with van der Waals surface area (Å²) in [5.74, 6) is -0.283. The van der Waals surface area contributed by atoms with Gasteiger partial charge in [0.2, 0.25) is 11.8 Å². The van der Waals surface area contributed by atoms with Gasteiger partial charge in [0.25, 0.3) is 0 Å². The number of unbranched alkanes of at least 4 members (excludes halogenated alkanes) is 1. The van der Waals surface area contributed by atoms with E-state index in [1.54, 1.807) is 30.1 Å². The molecule has 1 heterocycles. The zero-order valence-corrected chi connectivity index (χ0v) is 19.3. The molecule has 1 aromatic carbocycles. The van der Waals surface area contributed by atoms with Gasteiger partial charge in [-0.25, -0.2) is 0 Å². The van der Waals surface area contributed by atoms with Crippen molar-refractivity contribution in [3.63, 3.8) is 0 Å². The van der Waals surface area contributed by atoms with Crippen molar-refractivity contribution in [1.29, 1.82) is 0 Å². The Bertz CT molecular complexity index is 725. The SMILES string of the molecule is CCCC[C@H]1CN(C(C(=O)N(C)C)C(C)(C)C)C(=O)[C@@H]1C=NOCc1ccccc1. The van der Waals surface area contributed by atoms with Crippen LogP contribution in [0.2, 0.25) is 0 Å². The van der Waals surface area contributed by atoms with E-state index in [9.17, 15) is 9.59 Å². The Morgan fingerprint density at radius 2 is 1.97 bits per heavy atom. The Morgan fingerprint density at radius 3 is 2.53 bits per heavy atom. The second-order valence-corrected chi connectivity index (χ2v) is 9.43. The van der Waals surface area contributed by atoms with Crippen molar-refractivity contribution in [1.82, 2.24) is 9.80 Å². The van der Waals surface area contributed by atoms with Gasteiger partial charge in [0.15, 0.2) is 0 Å². The molecule has 0 saturated carbocycles. The highest BCUT2D eigenvalue weighted by Gasteiger charge is 2.48. The number of hydrogen-bond acceptors (Lipinski definition) is 4. The second-order valence-electron chi connectivity index (χ2n) is 9.43. The molecule has 0 aromatic heterocycles. The lowest BCUT2D eigenvalue weighted by Gasteiger charge is -2.38. The van der Waals surface area contributed by atoms with Gasteiger partial charge in [0.05, 0.1) is 12.1 Å². The molecule has 0 radical (unpaired) electrons. The minimum absolute atomic E-state index is 0.0294. The van der Waals surface area contributed by atoms with Crippen LogP contribution >= 0.6 is 0 Å². The number of amides is 2. The van der Waals surface area contributed by atoms with E-state index in [0.717, 1.165) is 24.8 Å². The van der Waals surface area contributed by atoms with Crippen LogP contribution < -0.4 is 0 Å². The van der Waals surface area contributed by atoms with Crippen molar-refractivity contribution in [2.75, 3.05) is 20.6 Å². The first kappa shape index (κ1) is 23.9. The van der Waals surface area contributed by atoms with Gasteiger partial charge in [0, 0.05) is 20.6 Å². The van der Waals surface area contributed by atoms with Gasteiger partial charge in [-0.2, -0.15) is 0 Å². The van der Waals surface area contributed by atoms with Gasteiger partial charge in [-0.1, -0.05) is 76.0 Å². The van der Waals surface area contributed by atoms with Gasteiger partial charge in [-0.15, -0.1) is 0 Å². The first-order valence-corrected chi connectivity index (χ1v) is 10.9. The molecular formula is C24H37N3O3. The summed E-state index contributed by atoms with van der Waals surface area (Å²) in [6, 6.07) is 9.32. The van der Waals surface area contributed by atoms with E-state index in [1.165, 1.54) is 0 Å². The van der Waals surface area contributed by atoms with Crippen molar-refractivity contribution in [3.8, 4) is 0 Å². The maximum atomic E-state index is 13.4. The third-order valence-corrected chi connectivity index (χ3v) is 5.61. The quantitative estimate of drug-likeness (QED) is 0.453. The number of carbonyl (C=O) groups excluding carboxylic acids is 2. The van der Waals surface area contributed by atoms with Crippen LogP contribution in [-0.4, -0.2) is 54.5 Å². The summed E-state index contributed by atoms with van der Waals surface area (Å²) in [5, 5.41) is 4.13. The summed E-state index contributed by atoms with van der Waals surface area (Å²) in [6.45, 7) is 9.13. The van der Waals surface area contributed by atoms with Crippen LogP contribution in [0.5, 0.6) is 0 Å². The predicted molar refractivity (Wildman–Crippen MR) is 120 cm³/mol. The van der Waals surface area contributed by atoms with E-state index in [0.29, 0.717) is 13.2 Å². The smallest absolute Gasteiger partial charge is 0.245 e. The van der Waals surface area contributed by atoms with Crippen molar-refractivity contribution in [2.45, 2.75) is 59.6 Å². The molecule has 2 amide bonds. The first-order valence-electron chi connectivity index (χ1n) is 10.9. The van der Waals surface area contributed by atoms with Crippen LogP contribution in [0.25, 0.3) is 0 Å². The van der Waals surface area contributed by atoms with E-state index in [2.05, 4.69) is 12.1 Å². The maximum Gasteiger partial charge on any atom is 0.245 e. The molecule has 1 aromatic rings. The summed E-state index contributed by atoms with van der Waals surface area (Å²) < 4.78 is 0. The standard InChI is InChI=1S/C24H37N3O3/c1-7-8-14-19-16-27(21(24(2,3)4)23(29)26(5)6)22(28)20(19)15-25-30-17-18-12-10-9-11-13-18/h9-13,15,19-21H,7-8,14,16-17H2,1-6H3/t19-,20+,21?/m0/s1. The van der Waals surface area contributed by atoms with Crippen molar-refractivity contribution >= 4 is 18.0 Å². The third-order valence-electron chi connectivity index (χ3n) is 5.61. The molecule has 1 aliphatic rings. The Morgan fingerprint density at radius 1 is 1.30 bits per heavy atom. The van der Waals surface area contributed by atoms with Gasteiger partial charge >= 0.3 is 0 Å². The topological polar surface area (TPSA) is 62.2 Å². The predicted octanol–water partition coefficient (Wildman–Crippen LogP) is 3.96. The number of oxime groups is 1. The van der Waals surface area contributed by atoms with Crippen LogP contribution in [0.3, 0.4) is 0 Å². The average Bonchev–Trinajstić information content (AvgIpc) is 2.98. The average molecular weight is 416 g/mol. The van der Waals surface area contributed by atoms with Gasteiger partial charge in [-0.05, 0) is 23.3 Å². The molecule has 30 heavy (non-hydrogen) atoms. The molecule has 0 aliphatic carbocycles. The van der Waals surface area contributed by atoms with Crippen molar-refractivity contribution in [3.05, 3.63) is 35.9 Å². The molecule has 1 saturated heterocycles. The highest BCUT2D eigenvalue weighted by atomic mass is 16.6. The molecule has 166 valence electrons. The van der Waals surface area contributed by atoms with Crippen LogP contribution in [0.1, 0.15) is 52.5 Å². The summed E-state index contributed by atoms with van der Waals surface area (Å²) in [5.41, 5.74) is 0.670. The minimum Gasteiger partial charge on any atom is -0.391 e. The first-order chi connectivity index (χ1) is 14.2. The number of carbonyl (C=O) groups is 2. The largest absolute Gasteiger partial charge is 0.391 e.